The molecule has 1 aliphatic heterocycles. The molecule has 3 atom stereocenters. The maximum Gasteiger partial charge on any atom is 0.326 e. The summed E-state index contributed by atoms with van der Waals surface area (Å²) >= 11 is 0. The second kappa shape index (κ2) is 5.62. The molecule has 0 bridgehead atoms. The number of pyridine rings is 1. The largest absolute Gasteiger partial charge is 0.480 e. The van der Waals surface area contributed by atoms with Gasteiger partial charge in [-0.2, -0.15) is 0 Å². The maximum absolute atomic E-state index is 13.8. The number of amides is 1. The number of rotatable bonds is 2. The molecule has 3 unspecified atom stereocenters. The molecule has 2 aliphatic rings. The van der Waals surface area contributed by atoms with E-state index in [1.54, 1.807) is 0 Å². The second-order valence-electron chi connectivity index (χ2n) is 5.90. The quantitative estimate of drug-likeness (QED) is 0.909. The first-order valence-corrected chi connectivity index (χ1v) is 7.35. The van der Waals surface area contributed by atoms with Crippen LogP contribution in [0.5, 0.6) is 0 Å². The summed E-state index contributed by atoms with van der Waals surface area (Å²) in [5.74, 6) is -3.67. The first-order valence-electron chi connectivity index (χ1n) is 7.35. The lowest BCUT2D eigenvalue weighted by atomic mass is 9.84. The summed E-state index contributed by atoms with van der Waals surface area (Å²) in [7, 11) is 0. The lowest BCUT2D eigenvalue weighted by Gasteiger charge is -2.32. The molecular weight excluding hydrogens is 294 g/mol. The Morgan fingerprint density at radius 3 is 2.68 bits per heavy atom. The number of carboxylic acid groups (broad SMARTS) is 1. The highest BCUT2D eigenvalue weighted by Crippen LogP contribution is 2.40. The summed E-state index contributed by atoms with van der Waals surface area (Å²) in [6.07, 6.45) is 4.66. The van der Waals surface area contributed by atoms with E-state index >= 15 is 0 Å². The number of carbonyl (C=O) groups excluding carboxylic acids is 1. The minimum atomic E-state index is -1.09. The average molecular weight is 310 g/mol. The summed E-state index contributed by atoms with van der Waals surface area (Å²) in [6, 6.07) is -0.579. The predicted molar refractivity (Wildman–Crippen MR) is 72.1 cm³/mol. The van der Waals surface area contributed by atoms with Crippen molar-refractivity contribution >= 4 is 11.9 Å². The molecule has 1 amide bonds. The number of carboxylic acids is 1. The van der Waals surface area contributed by atoms with Gasteiger partial charge in [0.05, 0.1) is 6.20 Å². The van der Waals surface area contributed by atoms with Crippen LogP contribution in [0.3, 0.4) is 0 Å². The first kappa shape index (κ1) is 14.9. The Labute approximate surface area is 125 Å². The van der Waals surface area contributed by atoms with Crippen LogP contribution in [0, 0.1) is 17.6 Å². The van der Waals surface area contributed by atoms with Gasteiger partial charge < -0.3 is 10.0 Å². The summed E-state index contributed by atoms with van der Waals surface area (Å²) in [4.78, 5) is 28.8. The highest BCUT2D eigenvalue weighted by molar-refractivity contribution is 5.96. The van der Waals surface area contributed by atoms with Crippen molar-refractivity contribution in [2.24, 2.45) is 5.92 Å². The molecule has 118 valence electrons. The van der Waals surface area contributed by atoms with Gasteiger partial charge in [0.1, 0.15) is 11.9 Å². The maximum atomic E-state index is 13.8. The highest BCUT2D eigenvalue weighted by atomic mass is 19.1. The lowest BCUT2D eigenvalue weighted by molar-refractivity contribution is -0.141. The Kier molecular flexibility index (Phi) is 3.80. The molecule has 0 aromatic carbocycles. The van der Waals surface area contributed by atoms with Crippen LogP contribution < -0.4 is 0 Å². The zero-order chi connectivity index (χ0) is 15.9. The normalized spacial score (nSPS) is 27.5. The Morgan fingerprint density at radius 1 is 1.27 bits per heavy atom. The van der Waals surface area contributed by atoms with Gasteiger partial charge >= 0.3 is 5.97 Å². The van der Waals surface area contributed by atoms with Crippen LogP contribution >= 0.6 is 0 Å². The van der Waals surface area contributed by atoms with E-state index in [2.05, 4.69) is 4.98 Å². The van der Waals surface area contributed by atoms with Gasteiger partial charge in [-0.05, 0) is 25.2 Å². The smallest absolute Gasteiger partial charge is 0.326 e. The Hall–Kier alpha value is -2.05. The molecule has 2 heterocycles. The molecule has 3 rings (SSSR count). The second-order valence-corrected chi connectivity index (χ2v) is 5.90. The van der Waals surface area contributed by atoms with Gasteiger partial charge in [-0.15, -0.1) is 0 Å². The topological polar surface area (TPSA) is 70.5 Å². The van der Waals surface area contributed by atoms with Crippen LogP contribution in [0.2, 0.25) is 0 Å². The molecule has 7 heteroatoms. The van der Waals surface area contributed by atoms with E-state index in [0.29, 0.717) is 18.9 Å². The zero-order valence-corrected chi connectivity index (χ0v) is 11.8. The lowest BCUT2D eigenvalue weighted by Crippen LogP contribution is -2.46. The molecule has 0 radical (unpaired) electrons. The van der Waals surface area contributed by atoms with E-state index in [1.807, 2.05) is 0 Å². The fourth-order valence-corrected chi connectivity index (χ4v) is 3.67. The summed E-state index contributed by atoms with van der Waals surface area (Å²) in [6.45, 7) is 0. The Bertz CT molecular complexity index is 623. The standard InChI is InChI=1S/C15H16F2N2O3/c16-9-6-10(17)13(18-7-9)14(20)19-11-4-2-1-3-8(11)5-12(19)15(21)22/h6-8,11-12H,1-5H2,(H,21,22). The van der Waals surface area contributed by atoms with Gasteiger partial charge in [0, 0.05) is 12.1 Å². The average Bonchev–Trinajstić information content (AvgIpc) is 2.86. The third kappa shape index (κ3) is 2.44. The number of halogens is 2. The zero-order valence-electron chi connectivity index (χ0n) is 11.8. The minimum Gasteiger partial charge on any atom is -0.480 e. The number of hydrogen-bond acceptors (Lipinski definition) is 3. The van der Waals surface area contributed by atoms with Gasteiger partial charge in [-0.25, -0.2) is 18.6 Å². The van der Waals surface area contributed by atoms with E-state index in [9.17, 15) is 23.5 Å². The first-order chi connectivity index (χ1) is 10.5. The number of aromatic nitrogens is 1. The van der Waals surface area contributed by atoms with Crippen LogP contribution in [0.25, 0.3) is 0 Å². The molecule has 2 fully saturated rings. The van der Waals surface area contributed by atoms with Gasteiger partial charge in [0.15, 0.2) is 11.5 Å². The van der Waals surface area contributed by atoms with Gasteiger partial charge in [0.25, 0.3) is 5.91 Å². The summed E-state index contributed by atoms with van der Waals surface area (Å²) in [5.41, 5.74) is -0.515. The van der Waals surface area contributed by atoms with E-state index in [-0.39, 0.29) is 12.0 Å². The SMILES string of the molecule is O=C(O)C1CC2CCCCC2N1C(=O)c1ncc(F)cc1F. The fourth-order valence-electron chi connectivity index (χ4n) is 3.67. The number of aliphatic carboxylic acids is 1. The van der Waals surface area contributed by atoms with Crippen LogP contribution in [-0.4, -0.2) is 39.0 Å². The Morgan fingerprint density at radius 2 is 2.00 bits per heavy atom. The molecule has 1 aliphatic carbocycles. The predicted octanol–water partition coefficient (Wildman–Crippen LogP) is 2.22. The van der Waals surface area contributed by atoms with Crippen molar-refractivity contribution in [2.75, 3.05) is 0 Å². The molecular formula is C15H16F2N2O3. The third-order valence-electron chi connectivity index (χ3n) is 4.62. The number of carbonyl (C=O) groups is 2. The molecule has 22 heavy (non-hydrogen) atoms. The molecule has 1 aromatic heterocycles. The van der Waals surface area contributed by atoms with Crippen molar-refractivity contribution in [1.82, 2.24) is 9.88 Å². The van der Waals surface area contributed by atoms with Crippen molar-refractivity contribution in [3.05, 3.63) is 29.6 Å². The molecule has 5 nitrogen and oxygen atoms in total. The number of fused-ring (bicyclic) bond motifs is 1. The van der Waals surface area contributed by atoms with Gasteiger partial charge in [-0.3, -0.25) is 4.79 Å². The number of hydrogen-bond donors (Lipinski definition) is 1. The number of nitrogens with zero attached hydrogens (tertiary/aromatic N) is 2. The Balaban J connectivity index is 1.95. The summed E-state index contributed by atoms with van der Waals surface area (Å²) < 4.78 is 26.7. The van der Waals surface area contributed by atoms with E-state index in [4.69, 9.17) is 0 Å². The van der Waals surface area contributed by atoms with Crippen LogP contribution in [0.15, 0.2) is 12.3 Å². The summed E-state index contributed by atoms with van der Waals surface area (Å²) in [5, 5.41) is 9.37. The molecule has 1 N–H and O–H groups in total. The monoisotopic (exact) mass is 310 g/mol. The number of likely N-dealkylation sites (tertiary alicyclic amines) is 1. The van der Waals surface area contributed by atoms with E-state index < -0.39 is 35.2 Å². The highest BCUT2D eigenvalue weighted by Gasteiger charge is 2.48. The van der Waals surface area contributed by atoms with Crippen LogP contribution in [-0.2, 0) is 4.79 Å². The molecule has 1 saturated carbocycles. The van der Waals surface area contributed by atoms with Crippen molar-refractivity contribution in [1.29, 1.82) is 0 Å². The van der Waals surface area contributed by atoms with Crippen molar-refractivity contribution in [3.8, 4) is 0 Å². The van der Waals surface area contributed by atoms with Gasteiger partial charge in [0.2, 0.25) is 0 Å². The molecule has 1 aromatic rings. The minimum absolute atomic E-state index is 0.127. The van der Waals surface area contributed by atoms with Crippen LogP contribution in [0.4, 0.5) is 8.78 Å². The van der Waals surface area contributed by atoms with Crippen LogP contribution in [0.1, 0.15) is 42.6 Å². The molecule has 0 spiro atoms. The fraction of sp³-hybridized carbons (Fsp3) is 0.533. The van der Waals surface area contributed by atoms with Crippen molar-refractivity contribution < 1.29 is 23.5 Å². The van der Waals surface area contributed by atoms with E-state index in [1.165, 1.54) is 4.90 Å². The van der Waals surface area contributed by atoms with Crippen molar-refractivity contribution in [3.63, 3.8) is 0 Å². The van der Waals surface area contributed by atoms with Crippen molar-refractivity contribution in [2.45, 2.75) is 44.2 Å². The third-order valence-corrected chi connectivity index (χ3v) is 4.62. The molecule has 1 saturated heterocycles. The van der Waals surface area contributed by atoms with E-state index in [0.717, 1.165) is 25.5 Å². The van der Waals surface area contributed by atoms with Gasteiger partial charge in [-0.1, -0.05) is 12.8 Å².